The van der Waals surface area contributed by atoms with E-state index < -0.39 is 0 Å². The van der Waals surface area contributed by atoms with Gasteiger partial charge in [-0.15, -0.1) is 0 Å². The molecule has 2 aliphatic carbocycles. The maximum atomic E-state index is 6.50. The smallest absolute Gasteiger partial charge is 0.128 e. The number of fused-ring (bicyclic) bond motifs is 9. The highest BCUT2D eigenvalue weighted by Crippen LogP contribution is 2.58. The van der Waals surface area contributed by atoms with Crippen molar-refractivity contribution in [3.05, 3.63) is 222 Å². The predicted molar refractivity (Wildman–Crippen MR) is 245 cm³/mol. The number of nitrogens with zero attached hydrogens (tertiary/aromatic N) is 1. The van der Waals surface area contributed by atoms with Gasteiger partial charge in [0, 0.05) is 27.4 Å². The first-order valence-electron chi connectivity index (χ1n) is 20.7. The molecule has 2 heterocycles. The number of rotatable bonds is 5. The van der Waals surface area contributed by atoms with Crippen molar-refractivity contribution in [2.24, 2.45) is 0 Å². The molecule has 2 nitrogen and oxygen atoms in total. The molecule has 12 rings (SSSR count). The minimum absolute atomic E-state index is 0.0315. The van der Waals surface area contributed by atoms with E-state index in [0.717, 1.165) is 5.75 Å². The van der Waals surface area contributed by atoms with Crippen LogP contribution in [-0.4, -0.2) is 10.7 Å². The SMILES string of the molecule is CC1(C)C2=C(C=CC3Oc4ccccc4C23)c2ccc(-n3c4ccc(-c5ccc(-c6ccccc6)cc5)cc4c4cc(-c5ccc(-c6ccccc6)cc5)ccc43)cc21. The third-order valence-electron chi connectivity index (χ3n) is 13.2. The van der Waals surface area contributed by atoms with E-state index in [-0.39, 0.29) is 17.4 Å². The van der Waals surface area contributed by atoms with Crippen LogP contribution in [0.5, 0.6) is 5.75 Å². The molecule has 0 spiro atoms. The zero-order valence-corrected chi connectivity index (χ0v) is 33.1. The molecule has 0 saturated heterocycles. The van der Waals surface area contributed by atoms with Crippen LogP contribution in [0.25, 0.3) is 77.6 Å². The van der Waals surface area contributed by atoms with Gasteiger partial charge < -0.3 is 9.30 Å². The predicted octanol–water partition coefficient (Wildman–Crippen LogP) is 14.6. The summed E-state index contributed by atoms with van der Waals surface area (Å²) >= 11 is 0. The fourth-order valence-electron chi connectivity index (χ4n) is 10.3. The number of hydrogen-bond donors (Lipinski definition) is 0. The van der Waals surface area contributed by atoms with Crippen molar-refractivity contribution in [2.45, 2.75) is 31.3 Å². The number of benzene rings is 8. The average Bonchev–Trinajstić information content (AvgIpc) is 3.91. The minimum atomic E-state index is -0.175. The lowest BCUT2D eigenvalue weighted by Crippen LogP contribution is -2.29. The van der Waals surface area contributed by atoms with Gasteiger partial charge in [0.25, 0.3) is 0 Å². The van der Waals surface area contributed by atoms with E-state index in [2.05, 4.69) is 219 Å². The zero-order chi connectivity index (χ0) is 39.2. The first kappa shape index (κ1) is 33.9. The summed E-state index contributed by atoms with van der Waals surface area (Å²) in [7, 11) is 0. The van der Waals surface area contributed by atoms with E-state index in [1.807, 2.05) is 0 Å². The van der Waals surface area contributed by atoms with Gasteiger partial charge in [0.1, 0.15) is 11.9 Å². The molecule has 2 unspecified atom stereocenters. The van der Waals surface area contributed by atoms with Gasteiger partial charge in [-0.25, -0.2) is 0 Å². The molecule has 2 atom stereocenters. The van der Waals surface area contributed by atoms with Gasteiger partial charge in [0.05, 0.1) is 17.0 Å². The number of ether oxygens (including phenoxy) is 1. The molecule has 2 heteroatoms. The Hall–Kier alpha value is -7.16. The Morgan fingerprint density at radius 3 is 1.54 bits per heavy atom. The van der Waals surface area contributed by atoms with Crippen molar-refractivity contribution in [1.29, 1.82) is 0 Å². The monoisotopic (exact) mass is 755 g/mol. The van der Waals surface area contributed by atoms with E-state index in [1.54, 1.807) is 0 Å². The van der Waals surface area contributed by atoms with Crippen LogP contribution in [0.2, 0.25) is 0 Å². The van der Waals surface area contributed by atoms with Crippen molar-refractivity contribution >= 4 is 27.4 Å². The van der Waals surface area contributed by atoms with Crippen molar-refractivity contribution in [3.8, 4) is 55.9 Å². The van der Waals surface area contributed by atoms with Crippen LogP contribution in [0.15, 0.2) is 206 Å². The summed E-state index contributed by atoms with van der Waals surface area (Å²) in [6.45, 7) is 4.82. The summed E-state index contributed by atoms with van der Waals surface area (Å²) < 4.78 is 8.98. The van der Waals surface area contributed by atoms with Crippen molar-refractivity contribution in [2.75, 3.05) is 0 Å². The van der Waals surface area contributed by atoms with E-state index in [4.69, 9.17) is 4.74 Å². The summed E-state index contributed by atoms with van der Waals surface area (Å²) in [6, 6.07) is 69.0. The molecule has 3 aliphatic rings. The number of hydrogen-bond acceptors (Lipinski definition) is 1. The molecular formula is C57H41NO. The van der Waals surface area contributed by atoms with Gasteiger partial charge in [0.2, 0.25) is 0 Å². The minimum Gasteiger partial charge on any atom is -0.485 e. The molecule has 0 bridgehead atoms. The first-order chi connectivity index (χ1) is 29.0. The van der Waals surface area contributed by atoms with Crippen LogP contribution in [0.3, 0.4) is 0 Å². The molecule has 0 amide bonds. The lowest BCUT2D eigenvalue weighted by molar-refractivity contribution is 0.259. The van der Waals surface area contributed by atoms with E-state index in [0.29, 0.717) is 0 Å². The lowest BCUT2D eigenvalue weighted by Gasteiger charge is -2.32. The summed E-state index contributed by atoms with van der Waals surface area (Å²) in [5, 5.41) is 2.49. The van der Waals surface area contributed by atoms with Crippen LogP contribution in [-0.2, 0) is 5.41 Å². The molecule has 59 heavy (non-hydrogen) atoms. The molecular weight excluding hydrogens is 715 g/mol. The quantitative estimate of drug-likeness (QED) is 0.171. The molecule has 0 N–H and O–H groups in total. The molecule has 280 valence electrons. The molecule has 0 fully saturated rings. The van der Waals surface area contributed by atoms with E-state index >= 15 is 0 Å². The van der Waals surface area contributed by atoms with Gasteiger partial charge in [0.15, 0.2) is 0 Å². The molecule has 0 saturated carbocycles. The molecule has 1 aliphatic heterocycles. The fraction of sp³-hybridized carbons (Fsp3) is 0.0877. The Labute approximate surface area is 345 Å². The Morgan fingerprint density at radius 1 is 0.475 bits per heavy atom. The van der Waals surface area contributed by atoms with E-state index in [1.165, 1.54) is 99.8 Å². The fourth-order valence-corrected chi connectivity index (χ4v) is 10.3. The standard InChI is InChI=1S/C57H41NO/c1-57(2)50-35-44(27-28-45(50)46-29-32-54-55(56(46)57)47-15-9-10-16-53(47)59-54)58-51-30-25-42(40-21-17-38(18-22-40)36-11-5-3-6-12-36)33-48(51)49-34-43(26-31-52(49)58)41-23-19-39(20-24-41)37-13-7-4-8-14-37/h3-35,54-55H,1-2H3. The topological polar surface area (TPSA) is 14.2 Å². The second-order valence-corrected chi connectivity index (χ2v) is 16.8. The first-order valence-corrected chi connectivity index (χ1v) is 20.7. The van der Waals surface area contributed by atoms with Gasteiger partial charge in [-0.1, -0.05) is 166 Å². The number of allylic oxidation sites excluding steroid dienone is 2. The third kappa shape index (κ3) is 5.26. The summed E-state index contributed by atoms with van der Waals surface area (Å²) in [5.41, 5.74) is 20.0. The van der Waals surface area contributed by atoms with Crippen LogP contribution in [0.1, 0.15) is 36.5 Å². The average molecular weight is 756 g/mol. The van der Waals surface area contributed by atoms with Gasteiger partial charge in [-0.05, 0) is 115 Å². The van der Waals surface area contributed by atoms with Crippen LogP contribution in [0.4, 0.5) is 0 Å². The van der Waals surface area contributed by atoms with Crippen molar-refractivity contribution < 1.29 is 4.74 Å². The zero-order valence-electron chi connectivity index (χ0n) is 33.1. The summed E-state index contributed by atoms with van der Waals surface area (Å²) in [4.78, 5) is 0. The molecule has 8 aromatic carbocycles. The maximum absolute atomic E-state index is 6.50. The van der Waals surface area contributed by atoms with Crippen molar-refractivity contribution in [1.82, 2.24) is 4.57 Å². The summed E-state index contributed by atoms with van der Waals surface area (Å²) in [5.74, 6) is 1.22. The van der Waals surface area contributed by atoms with Gasteiger partial charge >= 0.3 is 0 Å². The van der Waals surface area contributed by atoms with Crippen LogP contribution >= 0.6 is 0 Å². The molecule has 9 aromatic rings. The second kappa shape index (κ2) is 12.9. The van der Waals surface area contributed by atoms with E-state index in [9.17, 15) is 0 Å². The molecule has 0 radical (unpaired) electrons. The maximum Gasteiger partial charge on any atom is 0.128 e. The van der Waals surface area contributed by atoms with Crippen molar-refractivity contribution in [3.63, 3.8) is 0 Å². The lowest BCUT2D eigenvalue weighted by atomic mass is 9.71. The third-order valence-corrected chi connectivity index (χ3v) is 13.2. The largest absolute Gasteiger partial charge is 0.485 e. The second-order valence-electron chi connectivity index (χ2n) is 16.8. The highest BCUT2D eigenvalue weighted by molar-refractivity contribution is 6.12. The normalized spacial score (nSPS) is 17.1. The van der Waals surface area contributed by atoms with Crippen LogP contribution in [0, 0.1) is 0 Å². The Bertz CT molecular complexity index is 3040. The Balaban J connectivity index is 0.994. The Morgan fingerprint density at radius 2 is 0.966 bits per heavy atom. The van der Waals surface area contributed by atoms with Crippen LogP contribution < -0.4 is 4.74 Å². The van der Waals surface area contributed by atoms with Gasteiger partial charge in [-0.3, -0.25) is 0 Å². The Kier molecular flexibility index (Phi) is 7.43. The van der Waals surface area contributed by atoms with Gasteiger partial charge in [-0.2, -0.15) is 0 Å². The highest BCUT2D eigenvalue weighted by atomic mass is 16.5. The highest BCUT2D eigenvalue weighted by Gasteiger charge is 2.48. The number of para-hydroxylation sites is 1. The molecule has 1 aromatic heterocycles. The summed E-state index contributed by atoms with van der Waals surface area (Å²) in [6.07, 6.45) is 4.62. The number of aromatic nitrogens is 1.